The predicted molar refractivity (Wildman–Crippen MR) is 71.4 cm³/mol. The molecule has 102 valence electrons. The minimum atomic E-state index is -0.506. The highest BCUT2D eigenvalue weighted by atomic mass is 16.5. The third-order valence-electron chi connectivity index (χ3n) is 3.29. The van der Waals surface area contributed by atoms with Crippen molar-refractivity contribution in [3.8, 4) is 0 Å². The van der Waals surface area contributed by atoms with Crippen molar-refractivity contribution in [2.75, 3.05) is 7.11 Å². The van der Waals surface area contributed by atoms with E-state index in [-0.39, 0.29) is 11.9 Å². The lowest BCUT2D eigenvalue weighted by Crippen LogP contribution is -2.42. The first kappa shape index (κ1) is 13.6. The zero-order valence-corrected chi connectivity index (χ0v) is 11.1. The maximum absolute atomic E-state index is 11.9. The monoisotopic (exact) mass is 261 g/mol. The fraction of sp³-hybridized carbons (Fsp3) is 0.467. The number of benzene rings is 1. The smallest absolute Gasteiger partial charge is 0.328 e. The summed E-state index contributed by atoms with van der Waals surface area (Å²) in [5.41, 5.74) is 0.940. The molecule has 1 N–H and O–H groups in total. The van der Waals surface area contributed by atoms with Crippen molar-refractivity contribution in [2.24, 2.45) is 5.92 Å². The molecular formula is C15H19NO3. The molecule has 1 aromatic carbocycles. The summed E-state index contributed by atoms with van der Waals surface area (Å²) in [5, 5.41) is 2.77. The second-order valence-corrected chi connectivity index (χ2v) is 4.98. The predicted octanol–water partition coefficient (Wildman–Crippen LogP) is 1.69. The summed E-state index contributed by atoms with van der Waals surface area (Å²) in [7, 11) is 1.35. The molecule has 0 radical (unpaired) electrons. The Morgan fingerprint density at radius 1 is 1.32 bits per heavy atom. The highest BCUT2D eigenvalue weighted by Crippen LogP contribution is 2.33. The molecule has 1 amide bonds. The van der Waals surface area contributed by atoms with Crippen LogP contribution in [0.4, 0.5) is 0 Å². The molecule has 0 aliphatic heterocycles. The molecule has 0 spiro atoms. The molecule has 1 fully saturated rings. The van der Waals surface area contributed by atoms with Gasteiger partial charge in [0.25, 0.3) is 0 Å². The van der Waals surface area contributed by atoms with Crippen molar-refractivity contribution in [1.82, 2.24) is 5.32 Å². The van der Waals surface area contributed by atoms with Crippen LogP contribution in [0.5, 0.6) is 0 Å². The van der Waals surface area contributed by atoms with Gasteiger partial charge in [0.05, 0.1) is 13.5 Å². The van der Waals surface area contributed by atoms with E-state index < -0.39 is 6.04 Å². The van der Waals surface area contributed by atoms with Crippen molar-refractivity contribution in [1.29, 1.82) is 0 Å². The Morgan fingerprint density at radius 3 is 2.58 bits per heavy atom. The van der Waals surface area contributed by atoms with E-state index in [1.807, 2.05) is 30.3 Å². The largest absolute Gasteiger partial charge is 0.467 e. The van der Waals surface area contributed by atoms with Crippen molar-refractivity contribution in [3.05, 3.63) is 35.9 Å². The normalized spacial score (nSPS) is 15.6. The van der Waals surface area contributed by atoms with E-state index in [2.05, 4.69) is 5.32 Å². The Kier molecular flexibility index (Phi) is 4.55. The lowest BCUT2D eigenvalue weighted by molar-refractivity contribution is -0.145. The average molecular weight is 261 g/mol. The van der Waals surface area contributed by atoms with E-state index in [0.717, 1.165) is 18.4 Å². The fourth-order valence-electron chi connectivity index (χ4n) is 2.07. The van der Waals surface area contributed by atoms with Crippen LogP contribution in [0, 0.1) is 5.92 Å². The summed E-state index contributed by atoms with van der Waals surface area (Å²) in [6.45, 7) is 0. The first-order valence-electron chi connectivity index (χ1n) is 6.60. The Morgan fingerprint density at radius 2 is 2.00 bits per heavy atom. The number of amides is 1. The van der Waals surface area contributed by atoms with Crippen LogP contribution in [-0.2, 0) is 20.7 Å². The molecule has 4 nitrogen and oxygen atoms in total. The van der Waals surface area contributed by atoms with Crippen LogP contribution in [0.2, 0.25) is 0 Å². The molecule has 1 atom stereocenters. The van der Waals surface area contributed by atoms with E-state index in [0.29, 0.717) is 18.8 Å². The van der Waals surface area contributed by atoms with Gasteiger partial charge in [0.2, 0.25) is 5.91 Å². The SMILES string of the molecule is COC(=O)[C@H](CC1CC1)NC(=O)Cc1ccccc1. The summed E-state index contributed by atoms with van der Waals surface area (Å²) in [6, 6.07) is 8.98. The Balaban J connectivity index is 1.88. The minimum absolute atomic E-state index is 0.137. The number of nitrogens with one attached hydrogen (secondary N) is 1. The molecular weight excluding hydrogens is 242 g/mol. The molecule has 0 heterocycles. The van der Waals surface area contributed by atoms with E-state index >= 15 is 0 Å². The molecule has 2 rings (SSSR count). The number of rotatable bonds is 6. The molecule has 4 heteroatoms. The topological polar surface area (TPSA) is 55.4 Å². The lowest BCUT2D eigenvalue weighted by Gasteiger charge is -2.16. The zero-order chi connectivity index (χ0) is 13.7. The average Bonchev–Trinajstić information content (AvgIpc) is 3.22. The number of methoxy groups -OCH3 is 1. The number of carbonyl (C=O) groups excluding carboxylic acids is 2. The summed E-state index contributed by atoms with van der Waals surface area (Å²) in [6.07, 6.45) is 3.26. The second kappa shape index (κ2) is 6.36. The van der Waals surface area contributed by atoms with Gasteiger partial charge < -0.3 is 10.1 Å². The van der Waals surface area contributed by atoms with Crippen LogP contribution in [0.15, 0.2) is 30.3 Å². The van der Waals surface area contributed by atoms with Gasteiger partial charge in [-0.15, -0.1) is 0 Å². The number of hydrogen-bond acceptors (Lipinski definition) is 3. The van der Waals surface area contributed by atoms with E-state index in [1.54, 1.807) is 0 Å². The van der Waals surface area contributed by atoms with Gasteiger partial charge >= 0.3 is 5.97 Å². The third-order valence-corrected chi connectivity index (χ3v) is 3.29. The summed E-state index contributed by atoms with van der Waals surface area (Å²) >= 11 is 0. The molecule has 1 aliphatic carbocycles. The van der Waals surface area contributed by atoms with Gasteiger partial charge in [0, 0.05) is 0 Å². The quantitative estimate of drug-likeness (QED) is 0.793. The van der Waals surface area contributed by atoms with Gasteiger partial charge in [0.15, 0.2) is 0 Å². The minimum Gasteiger partial charge on any atom is -0.467 e. The standard InChI is InChI=1S/C15H19NO3/c1-19-15(18)13(9-12-7-8-12)16-14(17)10-11-5-3-2-4-6-11/h2-6,12-13H,7-10H2,1H3,(H,16,17)/t13-/m0/s1. The summed E-state index contributed by atoms with van der Waals surface area (Å²) < 4.78 is 4.74. The molecule has 0 unspecified atom stereocenters. The number of esters is 1. The van der Waals surface area contributed by atoms with E-state index in [9.17, 15) is 9.59 Å². The van der Waals surface area contributed by atoms with E-state index in [4.69, 9.17) is 4.74 Å². The molecule has 19 heavy (non-hydrogen) atoms. The first-order valence-corrected chi connectivity index (χ1v) is 6.60. The van der Waals surface area contributed by atoms with Gasteiger partial charge in [0.1, 0.15) is 6.04 Å². The Bertz CT molecular complexity index is 440. The van der Waals surface area contributed by atoms with Crippen molar-refractivity contribution >= 4 is 11.9 Å². The van der Waals surface area contributed by atoms with Crippen molar-refractivity contribution in [3.63, 3.8) is 0 Å². The third kappa shape index (κ3) is 4.39. The van der Waals surface area contributed by atoms with Crippen LogP contribution in [0.25, 0.3) is 0 Å². The van der Waals surface area contributed by atoms with Gasteiger partial charge in [-0.1, -0.05) is 43.2 Å². The first-order chi connectivity index (χ1) is 9.19. The zero-order valence-electron chi connectivity index (χ0n) is 11.1. The van der Waals surface area contributed by atoms with Crippen LogP contribution >= 0.6 is 0 Å². The molecule has 0 saturated heterocycles. The van der Waals surface area contributed by atoms with Crippen molar-refractivity contribution in [2.45, 2.75) is 31.7 Å². The van der Waals surface area contributed by atoms with Gasteiger partial charge in [-0.05, 0) is 17.9 Å². The number of ether oxygens (including phenoxy) is 1. The number of hydrogen-bond donors (Lipinski definition) is 1. The molecule has 1 aliphatic rings. The molecule has 1 saturated carbocycles. The molecule has 0 aromatic heterocycles. The maximum atomic E-state index is 11.9. The highest BCUT2D eigenvalue weighted by Gasteiger charge is 2.30. The van der Waals surface area contributed by atoms with Crippen LogP contribution in [0.1, 0.15) is 24.8 Å². The summed E-state index contributed by atoms with van der Waals surface area (Å²) in [5.74, 6) is 0.0664. The molecule has 1 aromatic rings. The van der Waals surface area contributed by atoms with Crippen molar-refractivity contribution < 1.29 is 14.3 Å². The van der Waals surface area contributed by atoms with E-state index in [1.165, 1.54) is 7.11 Å². The van der Waals surface area contributed by atoms with Crippen LogP contribution in [0.3, 0.4) is 0 Å². The fourth-order valence-corrected chi connectivity index (χ4v) is 2.07. The highest BCUT2D eigenvalue weighted by molar-refractivity contribution is 5.85. The molecule has 0 bridgehead atoms. The van der Waals surface area contributed by atoms with Gasteiger partial charge in [-0.3, -0.25) is 4.79 Å². The number of carbonyl (C=O) groups is 2. The van der Waals surface area contributed by atoms with Crippen LogP contribution in [-0.4, -0.2) is 25.0 Å². The lowest BCUT2D eigenvalue weighted by atomic mass is 10.1. The summed E-state index contributed by atoms with van der Waals surface area (Å²) in [4.78, 5) is 23.6. The van der Waals surface area contributed by atoms with Gasteiger partial charge in [-0.2, -0.15) is 0 Å². The Hall–Kier alpha value is -1.84. The van der Waals surface area contributed by atoms with Gasteiger partial charge in [-0.25, -0.2) is 4.79 Å². The second-order valence-electron chi connectivity index (χ2n) is 4.98. The van der Waals surface area contributed by atoms with Crippen LogP contribution < -0.4 is 5.32 Å². The maximum Gasteiger partial charge on any atom is 0.328 e. The Labute approximate surface area is 113 Å².